The van der Waals surface area contributed by atoms with E-state index >= 15 is 0 Å². The smallest absolute Gasteiger partial charge is 0.399 e. The van der Waals surface area contributed by atoms with E-state index in [1.54, 1.807) is 150 Å². The lowest BCUT2D eigenvalue weighted by molar-refractivity contribution is -0.138. The van der Waals surface area contributed by atoms with Gasteiger partial charge in [0.25, 0.3) is 5.91 Å². The van der Waals surface area contributed by atoms with Crippen LogP contribution in [0.4, 0.5) is 88.5 Å². The van der Waals surface area contributed by atoms with Gasteiger partial charge < -0.3 is 48.7 Å². The third kappa shape index (κ3) is 21.7. The molecule has 0 bridgehead atoms. The van der Waals surface area contributed by atoms with E-state index in [0.717, 1.165) is 129 Å². The highest BCUT2D eigenvalue weighted by molar-refractivity contribution is 6.05. The Labute approximate surface area is 750 Å². The van der Waals surface area contributed by atoms with E-state index in [0.29, 0.717) is 99.6 Å². The number of hydrogen-bond acceptors (Lipinski definition) is 25. The number of amides is 3. The summed E-state index contributed by atoms with van der Waals surface area (Å²) in [5.41, 5.74) is 23.0. The second kappa shape index (κ2) is 39.6. The molecule has 666 valence electrons. The van der Waals surface area contributed by atoms with Gasteiger partial charge in [0.1, 0.15) is 23.3 Å². The number of aryl methyl sites for hydroxylation is 5. The zero-order chi connectivity index (χ0) is 92.0. The number of hydrogen-bond donors (Lipinski definition) is 9. The molecule has 6 aromatic carbocycles. The van der Waals surface area contributed by atoms with Gasteiger partial charge in [-0.2, -0.15) is 46.7 Å². The molecule has 1 saturated heterocycles. The number of carbonyl (C=O) groups is 2. The highest BCUT2D eigenvalue weighted by Gasteiger charge is 2.35. The number of likely N-dealkylation sites (tertiary alicyclic amines) is 1. The summed E-state index contributed by atoms with van der Waals surface area (Å²) in [4.78, 5) is 81.6. The van der Waals surface area contributed by atoms with Crippen molar-refractivity contribution in [3.63, 3.8) is 0 Å². The average Bonchev–Trinajstić information content (AvgIpc) is 1.60. The molecule has 12 aromatic heterocycles. The molecule has 0 radical (unpaired) electrons. The number of pyridine rings is 4. The highest BCUT2D eigenvalue weighted by Crippen LogP contribution is 2.38. The average molecular weight is 1780 g/mol. The number of urea groups is 1. The topological polar surface area (TPSA) is 400 Å². The predicted octanol–water partition coefficient (Wildman–Crippen LogP) is 17.7. The first-order valence-electron chi connectivity index (χ1n) is 41.6. The van der Waals surface area contributed by atoms with Crippen molar-refractivity contribution in [3.05, 3.63) is 301 Å². The van der Waals surface area contributed by atoms with Crippen molar-refractivity contribution in [1.82, 2.24) is 104 Å². The van der Waals surface area contributed by atoms with Crippen molar-refractivity contribution in [1.29, 1.82) is 0 Å². The summed E-state index contributed by atoms with van der Waals surface area (Å²) < 4.78 is 87.8. The number of anilines is 10. The van der Waals surface area contributed by atoms with Crippen molar-refractivity contribution < 1.29 is 35.9 Å². The van der Waals surface area contributed by atoms with E-state index in [-0.39, 0.29) is 29.0 Å². The molecule has 3 amide bonds. The molecule has 0 saturated carbocycles. The van der Waals surface area contributed by atoms with Gasteiger partial charge in [-0.1, -0.05) is 73.2 Å². The number of carbonyl (C=O) groups excluding carboxylic acids is 2. The maximum absolute atomic E-state index is 14.0. The van der Waals surface area contributed by atoms with Crippen molar-refractivity contribution in [2.45, 2.75) is 64.7 Å². The van der Waals surface area contributed by atoms with E-state index in [2.05, 4.69) is 107 Å². The minimum absolute atomic E-state index is 0.0165. The van der Waals surface area contributed by atoms with E-state index in [1.165, 1.54) is 24.3 Å². The minimum Gasteiger partial charge on any atom is -0.399 e. The Morgan fingerprint density at radius 2 is 0.841 bits per heavy atom. The number of alkyl halides is 6. The fourth-order valence-corrected chi connectivity index (χ4v) is 14.5. The summed E-state index contributed by atoms with van der Waals surface area (Å²) in [6, 6.07) is 50.0. The van der Waals surface area contributed by atoms with Gasteiger partial charge in [0.2, 0.25) is 0 Å². The number of nitrogens with zero attached hydrogens (tertiary/aromatic N) is 21. The molecule has 18 aromatic rings. The van der Waals surface area contributed by atoms with Crippen LogP contribution in [0.15, 0.2) is 256 Å². The standard InChI is InChI=1S/C32H31F3N8O.C26H21F3N8O.2C18H17N7/c1-20-8-9-21(31(44)38-24-11-10-23(26(16-24)32(33,34)35)19-43-13-4-3-5-14-43)15-27(20)39-29-25-18-37-42(2)30(25)41-28(40-29)22-7-6-12-36-17-22;1-37-24-21(15-32-37)23(31-14-16-5-4-10-30-13-16)35-22(36-24)17-6-2-8-19(11-17)33-25(38)34-20-9-3-7-18(12-20)26(27,28)29;1-25-18-15(11-22-25)17(21-10-12-4-3-7-20-9-12)23-16(24-18)13-5-2-6-14(19)8-13;1-25-18-15(11-22-25)17(21-10-12-5-7-20-8-6-12)23-16(24-18)13-3-2-4-14(19)9-13/h6-12,15-18H,3-5,13-14,19H2,1-2H3,(H,38,44)(H,39,40,41);2-13,15H,14H2,1H3,(H,31,35,36)(H2,33,34,38);2*2-9,11H,10,19H2,1H3,(H,21,23,24). The first kappa shape index (κ1) is 88.6. The molecule has 1 aliphatic heterocycles. The lowest BCUT2D eigenvalue weighted by Crippen LogP contribution is -2.30. The molecule has 13 heterocycles. The van der Waals surface area contributed by atoms with Crippen LogP contribution >= 0.6 is 0 Å². The van der Waals surface area contributed by atoms with Gasteiger partial charge in [-0.3, -0.25) is 48.4 Å². The molecule has 0 aliphatic carbocycles. The number of benzene rings is 6. The summed E-state index contributed by atoms with van der Waals surface area (Å²) in [6.45, 7) is 5.42. The van der Waals surface area contributed by atoms with Crippen LogP contribution in [-0.2, 0) is 66.7 Å². The molecule has 38 heteroatoms. The fourth-order valence-electron chi connectivity index (χ4n) is 14.5. The van der Waals surface area contributed by atoms with Crippen LogP contribution in [0.1, 0.15) is 68.6 Å². The Hall–Kier alpha value is -16.8. The lowest BCUT2D eigenvalue weighted by atomic mass is 10.0. The zero-order valence-electron chi connectivity index (χ0n) is 71.7. The monoisotopic (exact) mass is 1780 g/mol. The Balaban J connectivity index is 0.000000132. The van der Waals surface area contributed by atoms with Gasteiger partial charge in [-0.15, -0.1) is 0 Å². The van der Waals surface area contributed by atoms with E-state index in [9.17, 15) is 35.9 Å². The molecule has 0 spiro atoms. The Morgan fingerprint density at radius 1 is 0.394 bits per heavy atom. The first-order valence-corrected chi connectivity index (χ1v) is 41.6. The Kier molecular flexibility index (Phi) is 26.6. The molecule has 0 unspecified atom stereocenters. The Morgan fingerprint density at radius 3 is 1.33 bits per heavy atom. The van der Waals surface area contributed by atoms with Gasteiger partial charge >= 0.3 is 18.4 Å². The number of piperidine rings is 1. The van der Waals surface area contributed by atoms with Crippen molar-refractivity contribution in [2.24, 2.45) is 28.2 Å². The number of nitrogen functional groups attached to an aromatic ring is 2. The van der Waals surface area contributed by atoms with Crippen LogP contribution < -0.4 is 48.7 Å². The lowest BCUT2D eigenvalue weighted by Gasteiger charge is -2.27. The molecule has 11 N–H and O–H groups in total. The second-order valence-corrected chi connectivity index (χ2v) is 30.8. The van der Waals surface area contributed by atoms with Crippen LogP contribution in [0.2, 0.25) is 0 Å². The van der Waals surface area contributed by atoms with Crippen molar-refractivity contribution in [2.75, 3.05) is 61.8 Å². The van der Waals surface area contributed by atoms with Crippen molar-refractivity contribution in [3.8, 4) is 45.6 Å². The first-order chi connectivity index (χ1) is 63.8. The number of fused-ring (bicyclic) bond motifs is 4. The van der Waals surface area contributed by atoms with Gasteiger partial charge in [0.05, 0.1) is 57.5 Å². The van der Waals surface area contributed by atoms with Gasteiger partial charge in [0, 0.05) is 166 Å². The van der Waals surface area contributed by atoms with Crippen molar-refractivity contribution >= 4 is 113 Å². The normalized spacial score (nSPS) is 12.1. The third-order valence-corrected chi connectivity index (χ3v) is 21.2. The molecule has 132 heavy (non-hydrogen) atoms. The zero-order valence-corrected chi connectivity index (χ0v) is 71.7. The number of rotatable bonds is 21. The quantitative estimate of drug-likeness (QED) is 0.0238. The number of nitrogens with one attached hydrogen (secondary N) is 7. The summed E-state index contributed by atoms with van der Waals surface area (Å²) in [6.07, 6.45) is 14.8. The Bertz CT molecular complexity index is 6970. The predicted molar refractivity (Wildman–Crippen MR) is 495 cm³/mol. The SMILES string of the molecule is Cc1ccc(C(=O)Nc2ccc(CN3CCCCC3)c(C(F)(F)F)c2)cc1Nc1nc(-c2cccnc2)nc2c1cnn2C.Cn1ncc2c(NCc3cccnc3)nc(-c3cccc(N)c3)nc21.Cn1ncc2c(NCc3cccnc3)nc(-c3cccc(NC(=O)Nc4cccc(C(F)(F)F)c4)c3)nc21.Cn1ncc2c(NCc3ccncc3)nc(-c3cccc(N)c3)nc21. The maximum Gasteiger partial charge on any atom is 0.416 e. The third-order valence-electron chi connectivity index (χ3n) is 21.2. The van der Waals surface area contributed by atoms with Crippen LogP contribution in [0.5, 0.6) is 0 Å². The molecule has 0 atom stereocenters. The van der Waals surface area contributed by atoms with E-state index < -0.39 is 35.4 Å². The van der Waals surface area contributed by atoms with Gasteiger partial charge in [-0.05, 0) is 176 Å². The molecule has 32 nitrogen and oxygen atoms in total. The molecule has 19 rings (SSSR count). The molecular weight excluding hydrogens is 1700 g/mol. The van der Waals surface area contributed by atoms with Gasteiger partial charge in [-0.25, -0.2) is 44.7 Å². The summed E-state index contributed by atoms with van der Waals surface area (Å²) in [5.74, 6) is 4.09. The number of nitrogens with two attached hydrogens (primary N) is 2. The fraction of sp³-hybridized carbons (Fsp3) is 0.170. The van der Waals surface area contributed by atoms with E-state index in [4.69, 9.17) is 21.4 Å². The number of halogens is 6. The maximum atomic E-state index is 14.0. The highest BCUT2D eigenvalue weighted by atomic mass is 19.4. The summed E-state index contributed by atoms with van der Waals surface area (Å²) in [5, 5.41) is 41.5. The second-order valence-electron chi connectivity index (χ2n) is 30.8. The van der Waals surface area contributed by atoms with E-state index in [1.807, 2.05) is 123 Å². The largest absolute Gasteiger partial charge is 0.416 e. The molecule has 1 fully saturated rings. The van der Waals surface area contributed by atoms with Crippen LogP contribution in [0.3, 0.4) is 0 Å². The van der Waals surface area contributed by atoms with Gasteiger partial charge in [0.15, 0.2) is 45.9 Å². The van der Waals surface area contributed by atoms with Crippen LogP contribution in [0, 0.1) is 6.92 Å². The molecular formula is C94H86F6N30O2. The molecule has 1 aliphatic rings. The van der Waals surface area contributed by atoms with Crippen LogP contribution in [0.25, 0.3) is 89.7 Å². The summed E-state index contributed by atoms with van der Waals surface area (Å²) in [7, 11) is 7.29. The minimum atomic E-state index is -4.54. The van der Waals surface area contributed by atoms with Crippen LogP contribution in [-0.4, -0.2) is 129 Å². The summed E-state index contributed by atoms with van der Waals surface area (Å²) >= 11 is 0. The number of aromatic nitrogens is 20.